The van der Waals surface area contributed by atoms with E-state index in [1.165, 1.54) is 0 Å². The van der Waals surface area contributed by atoms with Crippen molar-refractivity contribution >= 4 is 5.97 Å². The van der Waals surface area contributed by atoms with Crippen LogP contribution in [-0.4, -0.2) is 53.7 Å². The van der Waals surface area contributed by atoms with Gasteiger partial charge in [0.15, 0.2) is 0 Å². The van der Waals surface area contributed by atoms with Crippen molar-refractivity contribution in [1.82, 2.24) is 0 Å². The topological polar surface area (TPSA) is 102 Å². The van der Waals surface area contributed by atoms with Crippen LogP contribution in [0.1, 0.15) is 27.2 Å². The van der Waals surface area contributed by atoms with E-state index in [-0.39, 0.29) is 25.7 Å². The van der Waals surface area contributed by atoms with Crippen LogP contribution in [0.4, 0.5) is 0 Å². The average Bonchev–Trinajstić information content (AvgIpc) is 2.24. The second-order valence-electron chi connectivity index (χ2n) is 4.27. The summed E-state index contributed by atoms with van der Waals surface area (Å²) in [7, 11) is 0. The van der Waals surface area contributed by atoms with Crippen molar-refractivity contribution in [3.05, 3.63) is 0 Å². The molecule has 0 saturated carbocycles. The van der Waals surface area contributed by atoms with Crippen molar-refractivity contribution < 1.29 is 24.5 Å². The Hall–Kier alpha value is -0.690. The third-order valence-corrected chi connectivity index (χ3v) is 2.09. The summed E-state index contributed by atoms with van der Waals surface area (Å²) < 4.78 is 10.2. The molecule has 17 heavy (non-hydrogen) atoms. The van der Waals surface area contributed by atoms with Crippen LogP contribution in [0.25, 0.3) is 0 Å². The summed E-state index contributed by atoms with van der Waals surface area (Å²) in [5, 5.41) is 17.8. The van der Waals surface area contributed by atoms with Gasteiger partial charge in [-0.2, -0.15) is 0 Å². The SMILES string of the molecule is CC(O)CC(N)C(=O)OC(C)COC(C)CO. The summed E-state index contributed by atoms with van der Waals surface area (Å²) in [4.78, 5) is 11.4. The van der Waals surface area contributed by atoms with Crippen molar-refractivity contribution in [2.45, 2.75) is 51.5 Å². The van der Waals surface area contributed by atoms with Gasteiger partial charge >= 0.3 is 5.97 Å². The molecule has 6 heteroatoms. The van der Waals surface area contributed by atoms with E-state index in [0.717, 1.165) is 0 Å². The normalized spacial score (nSPS) is 18.2. The number of ether oxygens (including phenoxy) is 2. The number of nitrogens with two attached hydrogens (primary N) is 1. The fraction of sp³-hybridized carbons (Fsp3) is 0.909. The van der Waals surface area contributed by atoms with Crippen molar-refractivity contribution in [3.8, 4) is 0 Å². The molecule has 0 aromatic rings. The molecular formula is C11H23NO5. The summed E-state index contributed by atoms with van der Waals surface area (Å²) in [5.41, 5.74) is 5.53. The van der Waals surface area contributed by atoms with E-state index in [9.17, 15) is 4.79 Å². The maximum Gasteiger partial charge on any atom is 0.323 e. The summed E-state index contributed by atoms with van der Waals surface area (Å²) in [6.07, 6.45) is -1.20. The molecule has 0 aliphatic rings. The van der Waals surface area contributed by atoms with E-state index in [0.29, 0.717) is 0 Å². The van der Waals surface area contributed by atoms with E-state index < -0.39 is 24.2 Å². The Kier molecular flexibility index (Phi) is 8.07. The summed E-state index contributed by atoms with van der Waals surface area (Å²) in [6.45, 7) is 5.07. The summed E-state index contributed by atoms with van der Waals surface area (Å²) >= 11 is 0. The number of aliphatic hydroxyl groups excluding tert-OH is 2. The van der Waals surface area contributed by atoms with Gasteiger partial charge in [-0.15, -0.1) is 0 Å². The largest absolute Gasteiger partial charge is 0.459 e. The van der Waals surface area contributed by atoms with Gasteiger partial charge in [0.05, 0.1) is 25.4 Å². The first kappa shape index (κ1) is 16.3. The van der Waals surface area contributed by atoms with E-state index in [1.54, 1.807) is 20.8 Å². The Morgan fingerprint density at radius 1 is 1.29 bits per heavy atom. The molecule has 0 bridgehead atoms. The standard InChI is InChI=1S/C11H23NO5/c1-7(14)4-10(12)11(15)17-9(3)6-16-8(2)5-13/h7-10,13-14H,4-6,12H2,1-3H3. The first-order valence-electron chi connectivity index (χ1n) is 5.73. The zero-order valence-corrected chi connectivity index (χ0v) is 10.6. The summed E-state index contributed by atoms with van der Waals surface area (Å²) in [6, 6.07) is -0.826. The van der Waals surface area contributed by atoms with Gasteiger partial charge in [-0.25, -0.2) is 0 Å². The van der Waals surface area contributed by atoms with E-state index in [2.05, 4.69) is 0 Å². The molecule has 0 aliphatic heterocycles. The Labute approximate surface area is 102 Å². The van der Waals surface area contributed by atoms with Gasteiger partial charge in [-0.1, -0.05) is 0 Å². The highest BCUT2D eigenvalue weighted by Crippen LogP contribution is 2.02. The van der Waals surface area contributed by atoms with Crippen LogP contribution in [0.15, 0.2) is 0 Å². The maximum absolute atomic E-state index is 11.4. The van der Waals surface area contributed by atoms with Crippen molar-refractivity contribution in [3.63, 3.8) is 0 Å². The number of esters is 1. The lowest BCUT2D eigenvalue weighted by Gasteiger charge is -2.19. The fourth-order valence-corrected chi connectivity index (χ4v) is 1.14. The summed E-state index contributed by atoms with van der Waals surface area (Å²) in [5.74, 6) is -0.557. The highest BCUT2D eigenvalue weighted by atomic mass is 16.6. The number of carbonyl (C=O) groups excluding carboxylic acids is 1. The number of rotatable bonds is 8. The Morgan fingerprint density at radius 3 is 2.35 bits per heavy atom. The second kappa shape index (κ2) is 8.41. The molecule has 0 aromatic heterocycles. The molecule has 0 saturated heterocycles. The zero-order valence-electron chi connectivity index (χ0n) is 10.6. The molecule has 0 aromatic carbocycles. The molecule has 0 rings (SSSR count). The van der Waals surface area contributed by atoms with Crippen LogP contribution >= 0.6 is 0 Å². The van der Waals surface area contributed by atoms with Crippen LogP contribution in [-0.2, 0) is 14.3 Å². The van der Waals surface area contributed by atoms with Crippen molar-refractivity contribution in [1.29, 1.82) is 0 Å². The third kappa shape index (κ3) is 8.09. The van der Waals surface area contributed by atoms with Gasteiger partial charge in [0.2, 0.25) is 0 Å². The predicted octanol–water partition coefficient (Wildman–Crippen LogP) is -0.586. The molecule has 6 nitrogen and oxygen atoms in total. The van der Waals surface area contributed by atoms with E-state index in [1.807, 2.05) is 0 Å². The first-order valence-corrected chi connectivity index (χ1v) is 5.73. The second-order valence-corrected chi connectivity index (χ2v) is 4.27. The minimum absolute atomic E-state index is 0.0811. The van der Waals surface area contributed by atoms with Crippen LogP contribution in [0.2, 0.25) is 0 Å². The molecular weight excluding hydrogens is 226 g/mol. The van der Waals surface area contributed by atoms with E-state index >= 15 is 0 Å². The molecule has 0 amide bonds. The van der Waals surface area contributed by atoms with Gasteiger partial charge in [-0.3, -0.25) is 4.79 Å². The van der Waals surface area contributed by atoms with Gasteiger partial charge in [0.25, 0.3) is 0 Å². The zero-order chi connectivity index (χ0) is 13.4. The van der Waals surface area contributed by atoms with Crippen molar-refractivity contribution in [2.24, 2.45) is 5.73 Å². The fourth-order valence-electron chi connectivity index (χ4n) is 1.14. The molecule has 102 valence electrons. The van der Waals surface area contributed by atoms with Crippen molar-refractivity contribution in [2.75, 3.05) is 13.2 Å². The predicted molar refractivity (Wildman–Crippen MR) is 62.3 cm³/mol. The first-order chi connectivity index (χ1) is 7.86. The number of hydrogen-bond donors (Lipinski definition) is 3. The Morgan fingerprint density at radius 2 is 1.88 bits per heavy atom. The lowest BCUT2D eigenvalue weighted by molar-refractivity contribution is -0.154. The van der Waals surface area contributed by atoms with Gasteiger partial charge in [0, 0.05) is 0 Å². The monoisotopic (exact) mass is 249 g/mol. The Bertz CT molecular complexity index is 222. The molecule has 4 unspecified atom stereocenters. The molecule has 4 N–H and O–H groups in total. The maximum atomic E-state index is 11.4. The van der Waals surface area contributed by atoms with Crippen LogP contribution in [0, 0.1) is 0 Å². The molecule has 0 heterocycles. The number of hydrogen-bond acceptors (Lipinski definition) is 6. The van der Waals surface area contributed by atoms with Gasteiger partial charge in [0.1, 0.15) is 12.1 Å². The lowest BCUT2D eigenvalue weighted by atomic mass is 10.1. The molecule has 0 aliphatic carbocycles. The number of aliphatic hydroxyl groups is 2. The molecule has 0 spiro atoms. The minimum atomic E-state index is -0.826. The quantitative estimate of drug-likeness (QED) is 0.497. The van der Waals surface area contributed by atoms with Gasteiger partial charge in [-0.05, 0) is 27.2 Å². The highest BCUT2D eigenvalue weighted by molar-refractivity contribution is 5.75. The molecule has 0 fully saturated rings. The molecule has 4 atom stereocenters. The van der Waals surface area contributed by atoms with Crippen LogP contribution < -0.4 is 5.73 Å². The van der Waals surface area contributed by atoms with E-state index in [4.69, 9.17) is 25.4 Å². The minimum Gasteiger partial charge on any atom is -0.459 e. The lowest BCUT2D eigenvalue weighted by Crippen LogP contribution is -2.38. The van der Waals surface area contributed by atoms with Gasteiger partial charge < -0.3 is 25.4 Å². The number of carbonyl (C=O) groups is 1. The smallest absolute Gasteiger partial charge is 0.323 e. The highest BCUT2D eigenvalue weighted by Gasteiger charge is 2.20. The van der Waals surface area contributed by atoms with Crippen LogP contribution in [0.5, 0.6) is 0 Å². The van der Waals surface area contributed by atoms with Crippen LogP contribution in [0.3, 0.4) is 0 Å². The third-order valence-electron chi connectivity index (χ3n) is 2.09. The Balaban J connectivity index is 3.86. The average molecular weight is 249 g/mol. The molecule has 0 radical (unpaired) electrons.